The fraction of sp³-hybridized carbons (Fsp3) is 0.400. The van der Waals surface area contributed by atoms with Crippen molar-refractivity contribution in [2.45, 2.75) is 32.4 Å². The molecule has 0 bridgehead atoms. The number of thiocarbonyl (C=S) groups is 1. The lowest BCUT2D eigenvalue weighted by molar-refractivity contribution is -0.384. The molecule has 0 amide bonds. The third-order valence-corrected chi connectivity index (χ3v) is 6.26. The molecule has 3 rings (SSSR count). The molecule has 1 aliphatic rings. The number of carbonyl (C=O) groups is 1. The van der Waals surface area contributed by atoms with Crippen LogP contribution in [0.5, 0.6) is 5.75 Å². The van der Waals surface area contributed by atoms with Crippen LogP contribution in [0.25, 0.3) is 0 Å². The van der Waals surface area contributed by atoms with Crippen molar-refractivity contribution >= 4 is 51.0 Å². The van der Waals surface area contributed by atoms with Crippen LogP contribution in [0.2, 0.25) is 0 Å². The Morgan fingerprint density at radius 1 is 1.33 bits per heavy atom. The van der Waals surface area contributed by atoms with Crippen molar-refractivity contribution in [3.8, 4) is 5.75 Å². The van der Waals surface area contributed by atoms with E-state index in [0.717, 1.165) is 47.9 Å². The summed E-state index contributed by atoms with van der Waals surface area (Å²) in [4.78, 5) is 23.9. The van der Waals surface area contributed by atoms with Gasteiger partial charge in [-0.3, -0.25) is 10.1 Å². The Labute approximate surface area is 196 Å². The Hall–Kier alpha value is -2.93. The summed E-state index contributed by atoms with van der Waals surface area (Å²) >= 11 is 6.66. The number of carbonyl (C=O) groups excluding carboxylic acids is 1. The first-order valence-corrected chi connectivity index (χ1v) is 11.0. The molecule has 1 atom stereocenters. The van der Waals surface area contributed by atoms with Gasteiger partial charge in [-0.15, -0.1) is 11.3 Å². The van der Waals surface area contributed by atoms with Crippen LogP contribution in [0.4, 0.5) is 29.5 Å². The second kappa shape index (κ2) is 9.91. The van der Waals surface area contributed by atoms with E-state index in [2.05, 4.69) is 22.3 Å². The Morgan fingerprint density at radius 2 is 2.06 bits per heavy atom. The first-order valence-electron chi connectivity index (χ1n) is 9.76. The van der Waals surface area contributed by atoms with Crippen molar-refractivity contribution in [3.05, 3.63) is 44.3 Å². The number of thiophene rings is 1. The monoisotopic (exact) mass is 503 g/mol. The number of esters is 1. The van der Waals surface area contributed by atoms with E-state index in [0.29, 0.717) is 16.5 Å². The minimum Gasteiger partial charge on any atom is -0.484 e. The van der Waals surface area contributed by atoms with Crippen molar-refractivity contribution in [3.63, 3.8) is 0 Å². The minimum atomic E-state index is -4.60. The smallest absolute Gasteiger partial charge is 0.422 e. The number of ether oxygens (including phenoxy) is 2. The maximum absolute atomic E-state index is 12.5. The predicted octanol–water partition coefficient (Wildman–Crippen LogP) is 5.32. The molecule has 1 aliphatic carbocycles. The Morgan fingerprint density at radius 3 is 2.70 bits per heavy atom. The van der Waals surface area contributed by atoms with E-state index < -0.39 is 29.4 Å². The Bertz CT molecular complexity index is 1090. The number of anilines is 2. The van der Waals surface area contributed by atoms with Crippen LogP contribution in [0.15, 0.2) is 18.2 Å². The summed E-state index contributed by atoms with van der Waals surface area (Å²) in [5.74, 6) is -0.382. The molecule has 13 heteroatoms. The fourth-order valence-corrected chi connectivity index (χ4v) is 5.12. The number of alkyl halides is 3. The average Bonchev–Trinajstić information content (AvgIpc) is 3.07. The number of rotatable bonds is 6. The molecular weight excluding hydrogens is 483 g/mol. The Balaban J connectivity index is 1.83. The first-order chi connectivity index (χ1) is 15.5. The molecule has 2 aromatic rings. The molecule has 0 spiro atoms. The van der Waals surface area contributed by atoms with Crippen LogP contribution in [0, 0.1) is 16.0 Å². The zero-order valence-corrected chi connectivity index (χ0v) is 19.2. The van der Waals surface area contributed by atoms with Gasteiger partial charge in [-0.1, -0.05) is 6.92 Å². The van der Waals surface area contributed by atoms with Crippen LogP contribution in [-0.4, -0.2) is 35.9 Å². The number of fused-ring (bicyclic) bond motifs is 1. The van der Waals surface area contributed by atoms with Crippen molar-refractivity contribution in [2.24, 2.45) is 5.92 Å². The molecule has 0 saturated heterocycles. The summed E-state index contributed by atoms with van der Waals surface area (Å²) in [5.41, 5.74) is 0.875. The van der Waals surface area contributed by atoms with E-state index in [1.807, 2.05) is 0 Å². The number of hydrogen-bond donors (Lipinski definition) is 2. The molecule has 0 saturated carbocycles. The number of methoxy groups -OCH3 is 1. The number of hydrogen-bond acceptors (Lipinski definition) is 7. The van der Waals surface area contributed by atoms with Gasteiger partial charge in [-0.05, 0) is 43.0 Å². The Kier molecular flexibility index (Phi) is 7.42. The second-order valence-corrected chi connectivity index (χ2v) is 9.02. The van der Waals surface area contributed by atoms with Crippen molar-refractivity contribution < 1.29 is 32.4 Å². The zero-order chi connectivity index (χ0) is 24.3. The molecule has 1 heterocycles. The lowest BCUT2D eigenvalue weighted by atomic mass is 9.88. The third-order valence-electron chi connectivity index (χ3n) is 4.89. The molecule has 8 nitrogen and oxygen atoms in total. The molecular formula is C20H20F3N3O5S2. The standard InChI is InChI=1S/C20H20F3N3O5S2/c1-10-3-4-14-15(5-10)33-17(16(14)18(27)30-2)25-19(32)24-11-6-12(26(28)29)8-13(7-11)31-9-20(21,22)23/h6-8,10H,3-5,9H2,1-2H3,(H2,24,25,32). The van der Waals surface area contributed by atoms with Gasteiger partial charge in [0.1, 0.15) is 10.8 Å². The average molecular weight is 504 g/mol. The van der Waals surface area contributed by atoms with Gasteiger partial charge in [-0.2, -0.15) is 13.2 Å². The lowest BCUT2D eigenvalue weighted by Crippen LogP contribution is -2.21. The number of nitro benzene ring substituents is 1. The third kappa shape index (κ3) is 6.32. The number of benzene rings is 1. The number of non-ortho nitro benzene ring substituents is 1. The van der Waals surface area contributed by atoms with Crippen LogP contribution < -0.4 is 15.4 Å². The van der Waals surface area contributed by atoms with Gasteiger partial charge < -0.3 is 20.1 Å². The summed E-state index contributed by atoms with van der Waals surface area (Å²) in [6, 6.07) is 3.16. The molecule has 1 aromatic heterocycles. The lowest BCUT2D eigenvalue weighted by Gasteiger charge is -2.18. The van der Waals surface area contributed by atoms with E-state index in [-0.39, 0.29) is 16.5 Å². The molecule has 2 N–H and O–H groups in total. The molecule has 178 valence electrons. The highest BCUT2D eigenvalue weighted by atomic mass is 32.1. The number of nitrogens with zero attached hydrogens (tertiary/aromatic N) is 1. The molecule has 1 unspecified atom stereocenters. The predicted molar refractivity (Wildman–Crippen MR) is 121 cm³/mol. The molecule has 33 heavy (non-hydrogen) atoms. The molecule has 0 radical (unpaired) electrons. The first kappa shape index (κ1) is 24.7. The minimum absolute atomic E-state index is 0.00549. The van der Waals surface area contributed by atoms with Gasteiger partial charge in [0.2, 0.25) is 0 Å². The quantitative estimate of drug-likeness (QED) is 0.236. The number of nitro groups is 1. The highest BCUT2D eigenvalue weighted by molar-refractivity contribution is 7.80. The van der Waals surface area contributed by atoms with E-state index in [9.17, 15) is 28.1 Å². The number of halogens is 3. The van der Waals surface area contributed by atoms with Gasteiger partial charge in [0.15, 0.2) is 11.7 Å². The van der Waals surface area contributed by atoms with E-state index in [1.54, 1.807) is 0 Å². The van der Waals surface area contributed by atoms with Crippen LogP contribution in [0.3, 0.4) is 0 Å². The highest BCUT2D eigenvalue weighted by Crippen LogP contribution is 2.40. The summed E-state index contributed by atoms with van der Waals surface area (Å²) in [6.07, 6.45) is -2.12. The van der Waals surface area contributed by atoms with Crippen molar-refractivity contribution in [1.29, 1.82) is 0 Å². The molecule has 0 fully saturated rings. The maximum Gasteiger partial charge on any atom is 0.422 e. The maximum atomic E-state index is 12.5. The normalized spacial score (nSPS) is 15.4. The van der Waals surface area contributed by atoms with Crippen LogP contribution in [-0.2, 0) is 17.6 Å². The fourth-order valence-electron chi connectivity index (χ4n) is 3.43. The largest absolute Gasteiger partial charge is 0.484 e. The number of nitrogens with one attached hydrogen (secondary N) is 2. The van der Waals surface area contributed by atoms with Gasteiger partial charge in [0, 0.05) is 17.0 Å². The summed E-state index contributed by atoms with van der Waals surface area (Å²) < 4.78 is 47.0. The van der Waals surface area contributed by atoms with Gasteiger partial charge in [0.25, 0.3) is 5.69 Å². The van der Waals surface area contributed by atoms with Gasteiger partial charge >= 0.3 is 12.1 Å². The summed E-state index contributed by atoms with van der Waals surface area (Å²) in [6.45, 7) is 0.526. The van der Waals surface area contributed by atoms with E-state index in [1.165, 1.54) is 18.4 Å². The SMILES string of the molecule is COC(=O)c1c(NC(=S)Nc2cc(OCC(F)(F)F)cc([N+](=O)[O-])c2)sc2c1CCC(C)C2. The highest BCUT2D eigenvalue weighted by Gasteiger charge is 2.30. The molecule has 0 aliphatic heterocycles. The van der Waals surface area contributed by atoms with E-state index >= 15 is 0 Å². The van der Waals surface area contributed by atoms with Crippen LogP contribution in [0.1, 0.15) is 34.1 Å². The van der Waals surface area contributed by atoms with Crippen LogP contribution >= 0.6 is 23.6 Å². The van der Waals surface area contributed by atoms with Crippen molar-refractivity contribution in [1.82, 2.24) is 0 Å². The summed E-state index contributed by atoms with van der Waals surface area (Å²) in [7, 11) is 1.28. The van der Waals surface area contributed by atoms with Gasteiger partial charge in [-0.25, -0.2) is 4.79 Å². The zero-order valence-electron chi connectivity index (χ0n) is 17.6. The molecule has 1 aromatic carbocycles. The second-order valence-electron chi connectivity index (χ2n) is 7.50. The summed E-state index contributed by atoms with van der Waals surface area (Å²) in [5, 5.41) is 17.3. The van der Waals surface area contributed by atoms with Crippen molar-refractivity contribution in [2.75, 3.05) is 24.4 Å². The van der Waals surface area contributed by atoms with Gasteiger partial charge in [0.05, 0.1) is 29.4 Å². The van der Waals surface area contributed by atoms with E-state index in [4.69, 9.17) is 17.0 Å². The topological polar surface area (TPSA) is 103 Å².